The van der Waals surface area contributed by atoms with E-state index >= 15 is 0 Å². The molecule has 8 nitrogen and oxygen atoms in total. The monoisotopic (exact) mass is 399 g/mol. The maximum Gasteiger partial charge on any atom is 0.337 e. The highest BCUT2D eigenvalue weighted by Gasteiger charge is 2.11. The largest absolute Gasteiger partial charge is 0.497 e. The highest BCUT2D eigenvalue weighted by molar-refractivity contribution is 5.96. The summed E-state index contributed by atoms with van der Waals surface area (Å²) in [7, 11) is 4.27. The number of ether oxygens (including phenoxy) is 4. The minimum Gasteiger partial charge on any atom is -0.497 e. The van der Waals surface area contributed by atoms with Gasteiger partial charge >= 0.3 is 11.9 Å². The van der Waals surface area contributed by atoms with Crippen LogP contribution in [0.3, 0.4) is 0 Å². The second kappa shape index (κ2) is 10.5. The molecule has 0 saturated heterocycles. The van der Waals surface area contributed by atoms with E-state index in [0.29, 0.717) is 28.3 Å². The normalized spacial score (nSPS) is 10.3. The fourth-order valence-corrected chi connectivity index (χ4v) is 2.30. The third-order valence-corrected chi connectivity index (χ3v) is 3.77. The van der Waals surface area contributed by atoms with Gasteiger partial charge in [0.05, 0.1) is 32.6 Å². The number of rotatable bonds is 8. The summed E-state index contributed by atoms with van der Waals surface area (Å²) in [6.45, 7) is -0.467. The molecule has 1 amide bonds. The number of benzene rings is 2. The highest BCUT2D eigenvalue weighted by Crippen LogP contribution is 2.28. The summed E-state index contributed by atoms with van der Waals surface area (Å²) in [6, 6.07) is 11.4. The molecule has 0 heterocycles. The summed E-state index contributed by atoms with van der Waals surface area (Å²) < 4.78 is 19.8. The summed E-state index contributed by atoms with van der Waals surface area (Å²) in [5, 5.41) is 2.60. The maximum atomic E-state index is 12.0. The molecule has 1 N–H and O–H groups in total. The topological polar surface area (TPSA) is 100 Å². The molecule has 0 saturated carbocycles. The van der Waals surface area contributed by atoms with Crippen LogP contribution in [-0.4, -0.2) is 45.8 Å². The van der Waals surface area contributed by atoms with E-state index < -0.39 is 24.5 Å². The van der Waals surface area contributed by atoms with Gasteiger partial charge in [0, 0.05) is 12.1 Å². The molecule has 2 aromatic rings. The Balaban J connectivity index is 1.88. The molecular formula is C21H21NO7. The van der Waals surface area contributed by atoms with Crippen molar-refractivity contribution in [2.45, 2.75) is 0 Å². The fraction of sp³-hybridized carbons (Fsp3) is 0.190. The van der Waals surface area contributed by atoms with Gasteiger partial charge in [0.15, 0.2) is 6.61 Å². The first kappa shape index (κ1) is 21.5. The van der Waals surface area contributed by atoms with Crippen LogP contribution in [0.4, 0.5) is 5.69 Å². The summed E-state index contributed by atoms with van der Waals surface area (Å²) in [6.07, 6.45) is 2.69. The van der Waals surface area contributed by atoms with Gasteiger partial charge in [-0.3, -0.25) is 4.79 Å². The quantitative estimate of drug-likeness (QED) is 0.538. The van der Waals surface area contributed by atoms with E-state index in [1.807, 2.05) is 0 Å². The second-order valence-corrected chi connectivity index (χ2v) is 5.67. The number of carbonyl (C=O) groups excluding carboxylic acids is 3. The predicted molar refractivity (Wildman–Crippen MR) is 106 cm³/mol. The van der Waals surface area contributed by atoms with Crippen molar-refractivity contribution in [2.75, 3.05) is 33.3 Å². The lowest BCUT2D eigenvalue weighted by molar-refractivity contribution is -0.142. The van der Waals surface area contributed by atoms with Crippen molar-refractivity contribution >= 4 is 29.6 Å². The molecule has 0 aliphatic heterocycles. The number of esters is 2. The van der Waals surface area contributed by atoms with E-state index in [1.165, 1.54) is 33.5 Å². The minimum atomic E-state index is -0.685. The number of carbonyl (C=O) groups is 3. The Hall–Kier alpha value is -3.81. The summed E-state index contributed by atoms with van der Waals surface area (Å²) in [5.41, 5.74) is 1.48. The van der Waals surface area contributed by atoms with Crippen molar-refractivity contribution in [3.8, 4) is 11.5 Å². The zero-order valence-electron chi connectivity index (χ0n) is 16.3. The van der Waals surface area contributed by atoms with Crippen molar-refractivity contribution in [3.63, 3.8) is 0 Å². The predicted octanol–water partition coefficient (Wildman–Crippen LogP) is 2.69. The van der Waals surface area contributed by atoms with Crippen molar-refractivity contribution in [3.05, 3.63) is 59.7 Å². The number of methoxy groups -OCH3 is 3. The third-order valence-electron chi connectivity index (χ3n) is 3.77. The van der Waals surface area contributed by atoms with Gasteiger partial charge in [-0.2, -0.15) is 0 Å². The number of amides is 1. The molecule has 0 unspecified atom stereocenters. The van der Waals surface area contributed by atoms with Crippen molar-refractivity contribution in [2.24, 2.45) is 0 Å². The molecular weight excluding hydrogens is 378 g/mol. The van der Waals surface area contributed by atoms with Crippen LogP contribution < -0.4 is 14.8 Å². The lowest BCUT2D eigenvalue weighted by atomic mass is 10.1. The Labute approximate surface area is 168 Å². The molecule has 0 aliphatic carbocycles. The molecule has 0 fully saturated rings. The molecule has 0 aromatic heterocycles. The van der Waals surface area contributed by atoms with Crippen molar-refractivity contribution in [1.29, 1.82) is 0 Å². The standard InChI is InChI=1S/C21H21NO7/c1-26-16-9-10-18(27-2)17(12-16)22-19(23)13-29-20(24)11-6-14-4-7-15(8-5-14)21(25)28-3/h4-12H,13H2,1-3H3,(H,22,23)/b11-6+. The van der Waals surface area contributed by atoms with E-state index in [2.05, 4.69) is 10.1 Å². The van der Waals surface area contributed by atoms with Crippen LogP contribution in [0, 0.1) is 0 Å². The van der Waals surface area contributed by atoms with E-state index in [-0.39, 0.29) is 0 Å². The van der Waals surface area contributed by atoms with Crippen LogP contribution in [-0.2, 0) is 19.1 Å². The Bertz CT molecular complexity index is 904. The Morgan fingerprint density at radius 2 is 1.69 bits per heavy atom. The summed E-state index contributed by atoms with van der Waals surface area (Å²) >= 11 is 0. The number of nitrogens with one attached hydrogen (secondary N) is 1. The van der Waals surface area contributed by atoms with Crippen LogP contribution in [0.25, 0.3) is 6.08 Å². The van der Waals surface area contributed by atoms with Crippen LogP contribution in [0.15, 0.2) is 48.5 Å². The van der Waals surface area contributed by atoms with E-state index in [9.17, 15) is 14.4 Å². The SMILES string of the molecule is COC(=O)c1ccc(/C=C/C(=O)OCC(=O)Nc2cc(OC)ccc2OC)cc1. The second-order valence-electron chi connectivity index (χ2n) is 5.67. The lowest BCUT2D eigenvalue weighted by Gasteiger charge is -2.11. The van der Waals surface area contributed by atoms with Gasteiger partial charge in [-0.15, -0.1) is 0 Å². The minimum absolute atomic E-state index is 0.397. The molecule has 152 valence electrons. The smallest absolute Gasteiger partial charge is 0.337 e. The average molecular weight is 399 g/mol. The van der Waals surface area contributed by atoms with E-state index in [4.69, 9.17) is 14.2 Å². The van der Waals surface area contributed by atoms with Gasteiger partial charge in [-0.25, -0.2) is 9.59 Å². The summed E-state index contributed by atoms with van der Waals surface area (Å²) in [5.74, 6) is -0.672. The third kappa shape index (κ3) is 6.39. The van der Waals surface area contributed by atoms with Gasteiger partial charge in [0.2, 0.25) is 0 Å². The molecule has 2 aromatic carbocycles. The molecule has 0 aliphatic rings. The first-order valence-corrected chi connectivity index (χ1v) is 8.52. The first-order valence-electron chi connectivity index (χ1n) is 8.52. The molecule has 8 heteroatoms. The van der Waals surface area contributed by atoms with Gasteiger partial charge in [0.1, 0.15) is 11.5 Å². The molecule has 29 heavy (non-hydrogen) atoms. The van der Waals surface area contributed by atoms with Crippen molar-refractivity contribution < 1.29 is 33.3 Å². The maximum absolute atomic E-state index is 12.0. The Kier molecular flexibility index (Phi) is 7.78. The van der Waals surface area contributed by atoms with Crippen LogP contribution in [0.1, 0.15) is 15.9 Å². The molecule has 0 spiro atoms. The first-order chi connectivity index (χ1) is 14.0. The van der Waals surface area contributed by atoms with Crippen molar-refractivity contribution in [1.82, 2.24) is 0 Å². The van der Waals surface area contributed by atoms with Gasteiger partial charge in [-0.1, -0.05) is 12.1 Å². The van der Waals surface area contributed by atoms with E-state index in [1.54, 1.807) is 42.5 Å². The van der Waals surface area contributed by atoms with Gasteiger partial charge in [-0.05, 0) is 35.9 Å². The van der Waals surface area contributed by atoms with Gasteiger partial charge < -0.3 is 24.3 Å². The molecule has 0 atom stereocenters. The Morgan fingerprint density at radius 1 is 0.966 bits per heavy atom. The average Bonchev–Trinajstić information content (AvgIpc) is 2.75. The fourth-order valence-electron chi connectivity index (χ4n) is 2.30. The number of hydrogen-bond acceptors (Lipinski definition) is 7. The van der Waals surface area contributed by atoms with Crippen LogP contribution in [0.5, 0.6) is 11.5 Å². The zero-order valence-corrected chi connectivity index (χ0v) is 16.3. The lowest BCUT2D eigenvalue weighted by Crippen LogP contribution is -2.20. The highest BCUT2D eigenvalue weighted by atomic mass is 16.5. The molecule has 0 radical (unpaired) electrons. The number of hydrogen-bond donors (Lipinski definition) is 1. The zero-order chi connectivity index (χ0) is 21.2. The van der Waals surface area contributed by atoms with Crippen LogP contribution >= 0.6 is 0 Å². The number of anilines is 1. The Morgan fingerprint density at radius 3 is 2.31 bits per heavy atom. The van der Waals surface area contributed by atoms with E-state index in [0.717, 1.165) is 0 Å². The molecule has 0 bridgehead atoms. The summed E-state index contributed by atoms with van der Waals surface area (Å²) in [4.78, 5) is 35.2. The van der Waals surface area contributed by atoms with Gasteiger partial charge in [0.25, 0.3) is 5.91 Å². The van der Waals surface area contributed by atoms with Crippen LogP contribution in [0.2, 0.25) is 0 Å². The molecule has 2 rings (SSSR count).